The van der Waals surface area contributed by atoms with Gasteiger partial charge in [0.2, 0.25) is 0 Å². The van der Waals surface area contributed by atoms with E-state index >= 15 is 0 Å². The van der Waals surface area contributed by atoms with Gasteiger partial charge in [-0.25, -0.2) is 8.42 Å². The standard InChI is InChI=1S/C25H27N3O5S/c1-3-7-22(33-20-9-6-8-18(16-20)24(26)28-30)25(29)27-19-14-12-17(13-15-19)21-10-4-5-11-23(21)34(2,31)32/h4-6,8-16,22,30H,3,7H2,1-2H3,(H2,26,28)(H,27,29)/t22-/m0/s1. The Kier molecular flexibility index (Phi) is 7.91. The Labute approximate surface area is 199 Å². The summed E-state index contributed by atoms with van der Waals surface area (Å²) in [5, 5.41) is 14.7. The van der Waals surface area contributed by atoms with Crippen LogP contribution in [-0.2, 0) is 14.6 Å². The van der Waals surface area contributed by atoms with Crippen LogP contribution in [0.2, 0.25) is 0 Å². The van der Waals surface area contributed by atoms with Crippen LogP contribution < -0.4 is 15.8 Å². The van der Waals surface area contributed by atoms with E-state index in [1.165, 1.54) is 6.26 Å². The van der Waals surface area contributed by atoms with Crippen LogP contribution in [0.3, 0.4) is 0 Å². The molecule has 0 aliphatic carbocycles. The van der Waals surface area contributed by atoms with E-state index in [0.29, 0.717) is 29.0 Å². The molecule has 0 aromatic heterocycles. The Morgan fingerprint density at radius 2 is 1.79 bits per heavy atom. The highest BCUT2D eigenvalue weighted by Crippen LogP contribution is 2.28. The molecule has 0 radical (unpaired) electrons. The Morgan fingerprint density at radius 1 is 1.09 bits per heavy atom. The van der Waals surface area contributed by atoms with E-state index in [1.54, 1.807) is 72.8 Å². The number of benzene rings is 3. The maximum atomic E-state index is 12.9. The predicted molar refractivity (Wildman–Crippen MR) is 132 cm³/mol. The number of sulfone groups is 1. The summed E-state index contributed by atoms with van der Waals surface area (Å²) in [4.78, 5) is 13.2. The number of oxime groups is 1. The fourth-order valence-corrected chi connectivity index (χ4v) is 4.35. The lowest BCUT2D eigenvalue weighted by molar-refractivity contribution is -0.123. The minimum absolute atomic E-state index is 0.0560. The highest BCUT2D eigenvalue weighted by Gasteiger charge is 2.20. The third kappa shape index (κ3) is 6.14. The van der Waals surface area contributed by atoms with Crippen molar-refractivity contribution >= 4 is 27.3 Å². The van der Waals surface area contributed by atoms with Crippen molar-refractivity contribution in [3.63, 3.8) is 0 Å². The molecule has 0 saturated heterocycles. The number of carbonyl (C=O) groups excluding carboxylic acids is 1. The fourth-order valence-electron chi connectivity index (χ4n) is 3.44. The molecule has 4 N–H and O–H groups in total. The van der Waals surface area contributed by atoms with Crippen molar-refractivity contribution in [1.82, 2.24) is 0 Å². The van der Waals surface area contributed by atoms with Gasteiger partial charge in [0.05, 0.1) is 4.90 Å². The molecular weight excluding hydrogens is 454 g/mol. The Hall–Kier alpha value is -3.85. The highest BCUT2D eigenvalue weighted by atomic mass is 32.2. The van der Waals surface area contributed by atoms with Gasteiger partial charge in [0.1, 0.15) is 5.75 Å². The van der Waals surface area contributed by atoms with Crippen molar-refractivity contribution in [2.45, 2.75) is 30.8 Å². The molecule has 178 valence electrons. The molecule has 8 nitrogen and oxygen atoms in total. The number of anilines is 1. The number of rotatable bonds is 9. The van der Waals surface area contributed by atoms with Gasteiger partial charge in [-0.2, -0.15) is 0 Å². The molecule has 3 rings (SSSR count). The molecule has 0 heterocycles. The van der Waals surface area contributed by atoms with E-state index in [-0.39, 0.29) is 16.6 Å². The van der Waals surface area contributed by atoms with Gasteiger partial charge in [-0.05, 0) is 42.3 Å². The molecule has 0 fully saturated rings. The summed E-state index contributed by atoms with van der Waals surface area (Å²) in [6.07, 6.45) is 1.63. The summed E-state index contributed by atoms with van der Waals surface area (Å²) < 4.78 is 30.1. The maximum absolute atomic E-state index is 12.9. The summed E-state index contributed by atoms with van der Waals surface area (Å²) in [6.45, 7) is 1.95. The quantitative estimate of drug-likeness (QED) is 0.183. The van der Waals surface area contributed by atoms with Crippen LogP contribution in [0.4, 0.5) is 5.69 Å². The van der Waals surface area contributed by atoms with Gasteiger partial charge in [-0.15, -0.1) is 0 Å². The number of nitrogens with two attached hydrogens (primary N) is 1. The first kappa shape index (κ1) is 24.8. The van der Waals surface area contributed by atoms with Crippen molar-refractivity contribution in [3.05, 3.63) is 78.4 Å². The fraction of sp³-hybridized carbons (Fsp3) is 0.200. The van der Waals surface area contributed by atoms with Gasteiger partial charge >= 0.3 is 0 Å². The first-order chi connectivity index (χ1) is 16.2. The first-order valence-corrected chi connectivity index (χ1v) is 12.6. The van der Waals surface area contributed by atoms with E-state index in [9.17, 15) is 13.2 Å². The van der Waals surface area contributed by atoms with Crippen molar-refractivity contribution in [2.24, 2.45) is 10.9 Å². The Bertz CT molecular complexity index is 1290. The molecule has 3 aromatic rings. The Morgan fingerprint density at radius 3 is 2.44 bits per heavy atom. The number of nitrogens with zero attached hydrogens (tertiary/aromatic N) is 1. The lowest BCUT2D eigenvalue weighted by Crippen LogP contribution is -2.33. The van der Waals surface area contributed by atoms with E-state index < -0.39 is 15.9 Å². The van der Waals surface area contributed by atoms with Crippen LogP contribution in [0.5, 0.6) is 5.75 Å². The van der Waals surface area contributed by atoms with Gasteiger partial charge in [0.15, 0.2) is 21.8 Å². The third-order valence-corrected chi connectivity index (χ3v) is 6.26. The second-order valence-electron chi connectivity index (χ2n) is 7.74. The molecule has 0 aliphatic rings. The summed E-state index contributed by atoms with van der Waals surface area (Å²) in [6, 6.07) is 20.4. The van der Waals surface area contributed by atoms with Crippen LogP contribution in [0, 0.1) is 0 Å². The van der Waals surface area contributed by atoms with Gasteiger partial charge in [0.25, 0.3) is 5.91 Å². The minimum Gasteiger partial charge on any atom is -0.481 e. The highest BCUT2D eigenvalue weighted by molar-refractivity contribution is 7.90. The number of amidine groups is 1. The van der Waals surface area contributed by atoms with Crippen LogP contribution >= 0.6 is 0 Å². The van der Waals surface area contributed by atoms with Crippen LogP contribution in [-0.4, -0.2) is 37.7 Å². The summed E-state index contributed by atoms with van der Waals surface area (Å²) in [5.41, 5.74) is 7.98. The van der Waals surface area contributed by atoms with Crippen molar-refractivity contribution in [3.8, 4) is 16.9 Å². The molecule has 0 aliphatic heterocycles. The number of carbonyl (C=O) groups is 1. The molecule has 0 bridgehead atoms. The van der Waals surface area contributed by atoms with Gasteiger partial charge in [-0.3, -0.25) is 4.79 Å². The predicted octanol–water partition coefficient (Wildman–Crippen LogP) is 4.04. The second-order valence-corrected chi connectivity index (χ2v) is 9.73. The zero-order valence-electron chi connectivity index (χ0n) is 18.9. The zero-order chi connectivity index (χ0) is 24.7. The van der Waals surface area contributed by atoms with E-state index in [4.69, 9.17) is 15.7 Å². The molecule has 0 unspecified atom stereocenters. The SMILES string of the molecule is CCC[C@H](Oc1cccc(/C(N)=N/O)c1)C(=O)Nc1ccc(-c2ccccc2S(C)(=O)=O)cc1. The van der Waals surface area contributed by atoms with E-state index in [1.807, 2.05) is 6.92 Å². The molecule has 1 amide bonds. The van der Waals surface area contributed by atoms with Crippen molar-refractivity contribution in [2.75, 3.05) is 11.6 Å². The summed E-state index contributed by atoms with van der Waals surface area (Å²) in [7, 11) is -3.38. The minimum atomic E-state index is -3.38. The average molecular weight is 482 g/mol. The number of nitrogens with one attached hydrogen (secondary N) is 1. The third-order valence-electron chi connectivity index (χ3n) is 5.11. The van der Waals surface area contributed by atoms with Gasteiger partial charge in [-0.1, -0.05) is 61.0 Å². The molecule has 34 heavy (non-hydrogen) atoms. The second kappa shape index (κ2) is 10.8. The number of amides is 1. The smallest absolute Gasteiger partial charge is 0.265 e. The van der Waals surface area contributed by atoms with Gasteiger partial charge < -0.3 is 21.0 Å². The van der Waals surface area contributed by atoms with E-state index in [2.05, 4.69) is 10.5 Å². The first-order valence-electron chi connectivity index (χ1n) is 10.7. The molecule has 1 atom stereocenters. The average Bonchev–Trinajstić information content (AvgIpc) is 2.83. The summed E-state index contributed by atoms with van der Waals surface area (Å²) >= 11 is 0. The number of hydrogen-bond donors (Lipinski definition) is 3. The number of hydrogen-bond acceptors (Lipinski definition) is 6. The van der Waals surface area contributed by atoms with Gasteiger partial charge in [0, 0.05) is 23.1 Å². The molecular formula is C25H27N3O5S. The molecule has 3 aromatic carbocycles. The largest absolute Gasteiger partial charge is 0.481 e. The number of ether oxygens (including phenoxy) is 1. The van der Waals surface area contributed by atoms with Crippen molar-refractivity contribution in [1.29, 1.82) is 0 Å². The lowest BCUT2D eigenvalue weighted by Gasteiger charge is -2.19. The lowest BCUT2D eigenvalue weighted by atomic mass is 10.1. The summed E-state index contributed by atoms with van der Waals surface area (Å²) in [5.74, 6) is 0.0465. The maximum Gasteiger partial charge on any atom is 0.265 e. The van der Waals surface area contributed by atoms with Crippen LogP contribution in [0.25, 0.3) is 11.1 Å². The monoisotopic (exact) mass is 481 g/mol. The zero-order valence-corrected chi connectivity index (χ0v) is 19.7. The molecule has 0 saturated carbocycles. The molecule has 0 spiro atoms. The van der Waals surface area contributed by atoms with E-state index in [0.717, 1.165) is 12.0 Å². The topological polar surface area (TPSA) is 131 Å². The van der Waals surface area contributed by atoms with Crippen molar-refractivity contribution < 1.29 is 23.2 Å². The molecule has 9 heteroatoms. The Balaban J connectivity index is 1.76. The van der Waals surface area contributed by atoms with Crippen LogP contribution in [0.15, 0.2) is 82.8 Å². The van der Waals surface area contributed by atoms with Crippen LogP contribution in [0.1, 0.15) is 25.3 Å². The normalized spacial score (nSPS) is 12.7.